The van der Waals surface area contributed by atoms with Gasteiger partial charge >= 0.3 is 0 Å². The van der Waals surface area contributed by atoms with Gasteiger partial charge < -0.3 is 19.9 Å². The van der Waals surface area contributed by atoms with Gasteiger partial charge in [0.15, 0.2) is 0 Å². The van der Waals surface area contributed by atoms with Crippen molar-refractivity contribution in [3.8, 4) is 0 Å². The van der Waals surface area contributed by atoms with Gasteiger partial charge in [0, 0.05) is 77.6 Å². The SMILES string of the molecule is Cc1cc(C)c(C2=c3ccc([nH]3)=C(c3ccc(C=O)cc3)c3ccc([nH]3)C(c3c(C)cc(C)cc3C)=c3ccc([nH]3)=C(c3ccc(C=O)cc3)c3ccc2[nH]3)c(C)c1. The lowest BCUT2D eigenvalue weighted by atomic mass is 9.92. The van der Waals surface area contributed by atoms with E-state index < -0.39 is 0 Å². The molecular formula is C52H44N4O2. The fraction of sp³-hybridized carbons (Fsp3) is 0.115. The van der Waals surface area contributed by atoms with Gasteiger partial charge in [-0.05, 0) is 135 Å². The molecule has 1 aliphatic rings. The number of aromatic nitrogens is 4. The van der Waals surface area contributed by atoms with Crippen LogP contribution in [0.1, 0.15) is 99.1 Å². The molecular weight excluding hydrogens is 713 g/mol. The Kier molecular flexibility index (Phi) is 9.05. The Hall–Kier alpha value is -7.18. The summed E-state index contributed by atoms with van der Waals surface area (Å²) in [5.74, 6) is 0. The first kappa shape index (κ1) is 36.5. The van der Waals surface area contributed by atoms with E-state index in [1.165, 1.54) is 33.4 Å². The smallest absolute Gasteiger partial charge is 0.150 e. The summed E-state index contributed by atoms with van der Waals surface area (Å²) in [6.07, 6.45) is 1.76. The van der Waals surface area contributed by atoms with Crippen molar-refractivity contribution >= 4 is 34.9 Å². The lowest BCUT2D eigenvalue weighted by Gasteiger charge is -2.15. The standard InChI is InChI=1S/C52H44N4O2/c1-29-23-31(3)47(32(4)24-29)51-43-19-15-39(53-43)49(37-11-7-35(27-57)8-12-37)41-17-21-45(55-41)52(48-33(5)25-30(2)26-34(48)6)46-22-18-42(56-46)50(40-16-20-44(51)54-40)38-13-9-36(28-58)10-14-38/h7-28,53-56H,1-6H3. The van der Waals surface area contributed by atoms with Crippen LogP contribution in [0.3, 0.4) is 0 Å². The number of aldehydes is 2. The van der Waals surface area contributed by atoms with Crippen molar-refractivity contribution in [2.75, 3.05) is 0 Å². The number of rotatable bonds is 6. The van der Waals surface area contributed by atoms with Crippen molar-refractivity contribution in [2.24, 2.45) is 0 Å². The average Bonchev–Trinajstić information content (AvgIpc) is 4.05. The normalized spacial score (nSPS) is 12.7. The van der Waals surface area contributed by atoms with E-state index in [4.69, 9.17) is 0 Å². The highest BCUT2D eigenvalue weighted by Gasteiger charge is 2.21. The second-order valence-electron chi connectivity index (χ2n) is 15.7. The molecule has 6 heteroatoms. The molecule has 0 radical (unpaired) electrons. The molecule has 58 heavy (non-hydrogen) atoms. The summed E-state index contributed by atoms with van der Waals surface area (Å²) >= 11 is 0. The van der Waals surface area contributed by atoms with Crippen LogP contribution in [0.25, 0.3) is 22.3 Å². The van der Waals surface area contributed by atoms with Crippen molar-refractivity contribution in [2.45, 2.75) is 41.5 Å². The Morgan fingerprint density at radius 2 is 0.638 bits per heavy atom. The summed E-state index contributed by atoms with van der Waals surface area (Å²) in [5, 5.41) is 3.82. The molecule has 0 unspecified atom stereocenters. The van der Waals surface area contributed by atoms with Crippen molar-refractivity contribution in [1.82, 2.24) is 19.9 Å². The van der Waals surface area contributed by atoms with Gasteiger partial charge in [-0.25, -0.2) is 0 Å². The minimum atomic E-state index is 0.625. The van der Waals surface area contributed by atoms with Crippen LogP contribution in [0.5, 0.6) is 0 Å². The summed E-state index contributed by atoms with van der Waals surface area (Å²) < 4.78 is 0. The van der Waals surface area contributed by atoms with Crippen LogP contribution in [0.4, 0.5) is 0 Å². The van der Waals surface area contributed by atoms with Crippen LogP contribution in [-0.2, 0) is 0 Å². The first-order valence-corrected chi connectivity index (χ1v) is 19.6. The molecule has 0 fully saturated rings. The molecule has 4 N–H and O–H groups in total. The van der Waals surface area contributed by atoms with Gasteiger partial charge in [0.25, 0.3) is 0 Å². The van der Waals surface area contributed by atoms with E-state index in [1.54, 1.807) is 0 Å². The molecule has 0 spiro atoms. The molecule has 8 bridgehead atoms. The first-order chi connectivity index (χ1) is 28.1. The monoisotopic (exact) mass is 756 g/mol. The number of hydrogen-bond donors (Lipinski definition) is 4. The minimum Gasteiger partial charge on any atom is -0.354 e. The molecule has 9 rings (SSSR count). The summed E-state index contributed by atoms with van der Waals surface area (Å²) in [6, 6.07) is 41.8. The molecule has 0 aliphatic carbocycles. The van der Waals surface area contributed by atoms with E-state index in [-0.39, 0.29) is 0 Å². The minimum absolute atomic E-state index is 0.625. The number of carbonyl (C=O) groups excluding carboxylic acids is 2. The summed E-state index contributed by atoms with van der Waals surface area (Å²) in [6.45, 7) is 13.0. The number of fused-ring (bicyclic) bond motifs is 8. The highest BCUT2D eigenvalue weighted by atomic mass is 16.1. The van der Waals surface area contributed by atoms with E-state index in [0.29, 0.717) is 11.1 Å². The third-order valence-electron chi connectivity index (χ3n) is 11.4. The highest BCUT2D eigenvalue weighted by molar-refractivity contribution is 5.87. The molecule has 0 atom stereocenters. The summed E-state index contributed by atoms with van der Waals surface area (Å²) in [4.78, 5) is 39.0. The number of hydrogen-bond acceptors (Lipinski definition) is 2. The Morgan fingerprint density at radius 1 is 0.345 bits per heavy atom. The molecule has 5 heterocycles. The number of aryl methyl sites for hydroxylation is 6. The zero-order chi connectivity index (χ0) is 40.2. The number of aromatic amines is 4. The van der Waals surface area contributed by atoms with Crippen molar-refractivity contribution in [3.05, 3.63) is 232 Å². The van der Waals surface area contributed by atoms with Crippen molar-refractivity contribution in [3.63, 3.8) is 0 Å². The maximum Gasteiger partial charge on any atom is 0.150 e. The van der Waals surface area contributed by atoms with Gasteiger partial charge in [0.2, 0.25) is 0 Å². The zero-order valence-electron chi connectivity index (χ0n) is 33.5. The fourth-order valence-electron chi connectivity index (χ4n) is 9.09. The van der Waals surface area contributed by atoms with Gasteiger partial charge in [-0.15, -0.1) is 0 Å². The maximum atomic E-state index is 11.7. The third-order valence-corrected chi connectivity index (χ3v) is 11.4. The van der Waals surface area contributed by atoms with Crippen LogP contribution in [0.15, 0.2) is 121 Å². The van der Waals surface area contributed by atoms with Crippen LogP contribution < -0.4 is 21.4 Å². The first-order valence-electron chi connectivity index (χ1n) is 19.6. The summed E-state index contributed by atoms with van der Waals surface area (Å²) in [7, 11) is 0. The number of H-pyrrole nitrogens is 4. The van der Waals surface area contributed by atoms with Gasteiger partial charge in [0.1, 0.15) is 12.6 Å². The molecule has 8 aromatic rings. The fourth-order valence-corrected chi connectivity index (χ4v) is 9.09. The second-order valence-corrected chi connectivity index (χ2v) is 15.7. The topological polar surface area (TPSA) is 97.3 Å². The predicted octanol–water partition coefficient (Wildman–Crippen LogP) is 7.78. The van der Waals surface area contributed by atoms with E-state index in [1.807, 2.05) is 48.5 Å². The molecule has 0 saturated carbocycles. The molecule has 0 amide bonds. The quantitative estimate of drug-likeness (QED) is 0.131. The molecule has 4 aromatic heterocycles. The molecule has 4 aromatic carbocycles. The van der Waals surface area contributed by atoms with Gasteiger partial charge in [0.05, 0.1) is 0 Å². The number of carbonyl (C=O) groups is 2. The number of nitrogens with one attached hydrogen (secondary N) is 4. The van der Waals surface area contributed by atoms with Gasteiger partial charge in [-0.3, -0.25) is 9.59 Å². The zero-order valence-corrected chi connectivity index (χ0v) is 33.5. The molecule has 0 saturated heterocycles. The van der Waals surface area contributed by atoms with E-state index in [0.717, 1.165) is 101 Å². The Morgan fingerprint density at radius 3 is 0.948 bits per heavy atom. The van der Waals surface area contributed by atoms with E-state index in [9.17, 15) is 9.59 Å². The largest absolute Gasteiger partial charge is 0.354 e. The van der Waals surface area contributed by atoms with Crippen LogP contribution in [0, 0.1) is 41.5 Å². The van der Waals surface area contributed by atoms with Crippen LogP contribution in [0.2, 0.25) is 0 Å². The number of benzene rings is 4. The van der Waals surface area contributed by atoms with Crippen molar-refractivity contribution in [1.29, 1.82) is 0 Å². The lowest BCUT2D eigenvalue weighted by Crippen LogP contribution is -2.20. The van der Waals surface area contributed by atoms with E-state index >= 15 is 0 Å². The Balaban J connectivity index is 1.46. The van der Waals surface area contributed by atoms with Crippen LogP contribution in [-0.4, -0.2) is 32.5 Å². The predicted molar refractivity (Wildman–Crippen MR) is 233 cm³/mol. The van der Waals surface area contributed by atoms with Gasteiger partial charge in [-0.1, -0.05) is 83.9 Å². The van der Waals surface area contributed by atoms with Crippen molar-refractivity contribution < 1.29 is 9.59 Å². The molecule has 1 aliphatic heterocycles. The van der Waals surface area contributed by atoms with Crippen LogP contribution >= 0.6 is 0 Å². The molecule has 284 valence electrons. The Labute approximate surface area is 337 Å². The van der Waals surface area contributed by atoms with Gasteiger partial charge in [-0.2, -0.15) is 0 Å². The third kappa shape index (κ3) is 6.33. The maximum absolute atomic E-state index is 11.7. The van der Waals surface area contributed by atoms with E-state index in [2.05, 4.69) is 134 Å². The molecule has 6 nitrogen and oxygen atoms in total. The summed E-state index contributed by atoms with van der Waals surface area (Å²) in [5.41, 5.74) is 20.6. The second kappa shape index (κ2) is 14.4. The lowest BCUT2D eigenvalue weighted by molar-refractivity contribution is 0.111. The average molecular weight is 757 g/mol. The Bertz CT molecular complexity index is 2930. The highest BCUT2D eigenvalue weighted by Crippen LogP contribution is 2.32.